The zero-order valence-corrected chi connectivity index (χ0v) is 15.9. The van der Waals surface area contributed by atoms with Gasteiger partial charge in [-0.1, -0.05) is 37.5 Å². The van der Waals surface area contributed by atoms with Gasteiger partial charge in [0.05, 0.1) is 0 Å². The molecule has 1 N–H and O–H groups in total. The van der Waals surface area contributed by atoms with Gasteiger partial charge >= 0.3 is 0 Å². The van der Waals surface area contributed by atoms with Gasteiger partial charge in [-0.25, -0.2) is 0 Å². The molecule has 0 aromatic heterocycles. The Balaban J connectivity index is 1.76. The lowest BCUT2D eigenvalue weighted by Crippen LogP contribution is -2.40. The summed E-state index contributed by atoms with van der Waals surface area (Å²) in [5.74, 6) is 0.823. The minimum Gasteiger partial charge on any atom is -0.491 e. The molecule has 1 atom stereocenters. The van der Waals surface area contributed by atoms with E-state index in [1.54, 1.807) is 0 Å². The summed E-state index contributed by atoms with van der Waals surface area (Å²) in [7, 11) is 4.19. The summed E-state index contributed by atoms with van der Waals surface area (Å²) in [4.78, 5) is 4.49. The zero-order chi connectivity index (χ0) is 18.1. The maximum Gasteiger partial charge on any atom is 0.119 e. The molecule has 4 nitrogen and oxygen atoms in total. The standard InChI is InChI=1S/C21H34N2O2/c1-4-13-22(2)15-18-9-8-12-21(14-18)25-17-20(24)16-23(3)19-10-6-5-7-11-19/h4,8-9,12,14,19-20,24H,1,5-7,10-11,13,15-17H2,2-3H3/t20-/m1/s1. The fourth-order valence-electron chi connectivity index (χ4n) is 3.58. The summed E-state index contributed by atoms with van der Waals surface area (Å²) in [5.41, 5.74) is 1.20. The van der Waals surface area contributed by atoms with Crippen molar-refractivity contribution in [1.29, 1.82) is 0 Å². The smallest absolute Gasteiger partial charge is 0.119 e. The molecule has 1 aliphatic carbocycles. The van der Waals surface area contributed by atoms with Crippen molar-refractivity contribution in [2.24, 2.45) is 0 Å². The van der Waals surface area contributed by atoms with Crippen LogP contribution in [0.2, 0.25) is 0 Å². The number of likely N-dealkylation sites (N-methyl/N-ethyl adjacent to an activating group) is 2. The van der Waals surface area contributed by atoms with Gasteiger partial charge in [-0.2, -0.15) is 0 Å². The Kier molecular flexibility index (Phi) is 8.45. The highest BCUT2D eigenvalue weighted by molar-refractivity contribution is 5.28. The van der Waals surface area contributed by atoms with Gasteiger partial charge in [0.15, 0.2) is 0 Å². The van der Waals surface area contributed by atoms with Crippen molar-refractivity contribution >= 4 is 0 Å². The predicted octanol–water partition coefficient (Wildman–Crippen LogP) is 3.31. The first-order chi connectivity index (χ1) is 12.1. The third kappa shape index (κ3) is 7.18. The Hall–Kier alpha value is -1.36. The van der Waals surface area contributed by atoms with E-state index in [2.05, 4.69) is 42.6 Å². The van der Waals surface area contributed by atoms with E-state index in [1.807, 2.05) is 18.2 Å². The zero-order valence-electron chi connectivity index (χ0n) is 15.9. The van der Waals surface area contributed by atoms with Crippen LogP contribution in [0.15, 0.2) is 36.9 Å². The third-order valence-electron chi connectivity index (χ3n) is 4.93. The molecule has 0 radical (unpaired) electrons. The van der Waals surface area contributed by atoms with Crippen LogP contribution in [0.3, 0.4) is 0 Å². The summed E-state index contributed by atoms with van der Waals surface area (Å²) < 4.78 is 5.82. The van der Waals surface area contributed by atoms with Crippen molar-refractivity contribution in [2.75, 3.05) is 33.8 Å². The van der Waals surface area contributed by atoms with Gasteiger partial charge in [0.1, 0.15) is 18.5 Å². The molecule has 1 aliphatic rings. The van der Waals surface area contributed by atoms with E-state index in [9.17, 15) is 5.11 Å². The molecule has 0 saturated heterocycles. The highest BCUT2D eigenvalue weighted by Crippen LogP contribution is 2.22. The molecular weight excluding hydrogens is 312 g/mol. The molecule has 0 spiro atoms. The molecule has 1 aromatic carbocycles. The molecule has 25 heavy (non-hydrogen) atoms. The number of hydrogen-bond donors (Lipinski definition) is 1. The number of hydrogen-bond acceptors (Lipinski definition) is 4. The molecule has 1 fully saturated rings. The quantitative estimate of drug-likeness (QED) is 0.660. The lowest BCUT2D eigenvalue weighted by molar-refractivity contribution is 0.0561. The lowest BCUT2D eigenvalue weighted by atomic mass is 9.94. The number of aliphatic hydroxyl groups is 1. The minimum atomic E-state index is -0.459. The second-order valence-electron chi connectivity index (χ2n) is 7.33. The van der Waals surface area contributed by atoms with Gasteiger partial charge in [-0.15, -0.1) is 6.58 Å². The van der Waals surface area contributed by atoms with Crippen LogP contribution in [0.1, 0.15) is 37.7 Å². The van der Waals surface area contributed by atoms with Gasteiger partial charge < -0.3 is 14.7 Å². The Labute approximate surface area is 153 Å². The van der Waals surface area contributed by atoms with Crippen molar-refractivity contribution in [3.63, 3.8) is 0 Å². The van der Waals surface area contributed by atoms with E-state index in [-0.39, 0.29) is 0 Å². The molecule has 0 amide bonds. The molecule has 0 heterocycles. The second-order valence-corrected chi connectivity index (χ2v) is 7.33. The van der Waals surface area contributed by atoms with E-state index in [1.165, 1.54) is 37.7 Å². The SMILES string of the molecule is C=CCN(C)Cc1cccc(OC[C@H](O)CN(C)C2CCCCC2)c1. The van der Waals surface area contributed by atoms with E-state index in [4.69, 9.17) is 4.74 Å². The van der Waals surface area contributed by atoms with Gasteiger partial charge in [0, 0.05) is 25.7 Å². The number of rotatable bonds is 10. The number of benzene rings is 1. The normalized spacial score (nSPS) is 17.0. The van der Waals surface area contributed by atoms with Crippen LogP contribution in [0.25, 0.3) is 0 Å². The van der Waals surface area contributed by atoms with Crippen LogP contribution in [0.5, 0.6) is 5.75 Å². The average molecular weight is 347 g/mol. The molecule has 0 unspecified atom stereocenters. The second kappa shape index (κ2) is 10.6. The van der Waals surface area contributed by atoms with Crippen molar-refractivity contribution in [2.45, 2.75) is 50.8 Å². The van der Waals surface area contributed by atoms with Crippen LogP contribution >= 0.6 is 0 Å². The van der Waals surface area contributed by atoms with Gasteiger partial charge in [0.2, 0.25) is 0 Å². The molecule has 2 rings (SSSR count). The predicted molar refractivity (Wildman–Crippen MR) is 104 cm³/mol. The topological polar surface area (TPSA) is 35.9 Å². The van der Waals surface area contributed by atoms with Gasteiger partial charge in [0.25, 0.3) is 0 Å². The van der Waals surface area contributed by atoms with Crippen molar-refractivity contribution in [3.05, 3.63) is 42.5 Å². The number of aliphatic hydroxyl groups excluding tert-OH is 1. The van der Waals surface area contributed by atoms with E-state index >= 15 is 0 Å². The Bertz CT molecular complexity index is 514. The van der Waals surface area contributed by atoms with Crippen molar-refractivity contribution in [1.82, 2.24) is 9.80 Å². The molecule has 1 aromatic rings. The highest BCUT2D eigenvalue weighted by atomic mass is 16.5. The lowest BCUT2D eigenvalue weighted by Gasteiger charge is -2.32. The largest absolute Gasteiger partial charge is 0.491 e. The maximum absolute atomic E-state index is 10.3. The van der Waals surface area contributed by atoms with Crippen LogP contribution < -0.4 is 4.74 Å². The Morgan fingerprint density at radius 2 is 2.04 bits per heavy atom. The average Bonchev–Trinajstić information content (AvgIpc) is 2.61. The maximum atomic E-state index is 10.3. The van der Waals surface area contributed by atoms with E-state index in [0.29, 0.717) is 19.2 Å². The van der Waals surface area contributed by atoms with E-state index in [0.717, 1.165) is 18.8 Å². The van der Waals surface area contributed by atoms with Crippen molar-refractivity contribution in [3.8, 4) is 5.75 Å². The van der Waals surface area contributed by atoms with Crippen molar-refractivity contribution < 1.29 is 9.84 Å². The summed E-state index contributed by atoms with van der Waals surface area (Å²) in [6.45, 7) is 6.49. The van der Waals surface area contributed by atoms with E-state index < -0.39 is 6.10 Å². The molecule has 0 bridgehead atoms. The summed E-state index contributed by atoms with van der Waals surface area (Å²) in [6.07, 6.45) is 7.94. The first kappa shape index (κ1) is 20.0. The third-order valence-corrected chi connectivity index (χ3v) is 4.93. The first-order valence-corrected chi connectivity index (χ1v) is 9.48. The Morgan fingerprint density at radius 1 is 1.28 bits per heavy atom. The number of ether oxygens (including phenoxy) is 1. The number of nitrogens with zero attached hydrogens (tertiary/aromatic N) is 2. The monoisotopic (exact) mass is 346 g/mol. The highest BCUT2D eigenvalue weighted by Gasteiger charge is 2.20. The van der Waals surface area contributed by atoms with Crippen LogP contribution in [-0.2, 0) is 6.54 Å². The molecule has 0 aliphatic heterocycles. The van der Waals surface area contributed by atoms with Crippen LogP contribution in [0.4, 0.5) is 0 Å². The van der Waals surface area contributed by atoms with Gasteiger partial charge in [-0.05, 0) is 44.6 Å². The summed E-state index contributed by atoms with van der Waals surface area (Å²) in [5, 5.41) is 10.3. The van der Waals surface area contributed by atoms with Crippen LogP contribution in [-0.4, -0.2) is 60.8 Å². The fourth-order valence-corrected chi connectivity index (χ4v) is 3.58. The fraction of sp³-hybridized carbons (Fsp3) is 0.619. The molecular formula is C21H34N2O2. The summed E-state index contributed by atoms with van der Waals surface area (Å²) in [6, 6.07) is 8.73. The minimum absolute atomic E-state index is 0.336. The molecule has 140 valence electrons. The molecule has 4 heteroatoms. The molecule has 1 saturated carbocycles. The summed E-state index contributed by atoms with van der Waals surface area (Å²) >= 11 is 0. The first-order valence-electron chi connectivity index (χ1n) is 9.48. The van der Waals surface area contributed by atoms with Crippen LogP contribution in [0, 0.1) is 0 Å². The van der Waals surface area contributed by atoms with Gasteiger partial charge in [-0.3, -0.25) is 4.90 Å². The Morgan fingerprint density at radius 3 is 2.76 bits per heavy atom.